The normalized spacial score (nSPS) is 11.9. The first-order chi connectivity index (χ1) is 9.65. The molecule has 104 valence electrons. The Balaban J connectivity index is 1.83. The molecule has 0 spiro atoms. The Morgan fingerprint density at radius 3 is 2.60 bits per heavy atom. The second kappa shape index (κ2) is 7.11. The highest BCUT2D eigenvalue weighted by Gasteiger charge is 2.08. The predicted octanol–water partition coefficient (Wildman–Crippen LogP) is 3.80. The summed E-state index contributed by atoms with van der Waals surface area (Å²) in [6, 6.07) is 17.6. The molecule has 1 amide bonds. The van der Waals surface area contributed by atoms with Gasteiger partial charge in [0.2, 0.25) is 5.91 Å². The van der Waals surface area contributed by atoms with E-state index in [1.54, 1.807) is 6.07 Å². The van der Waals surface area contributed by atoms with Gasteiger partial charge < -0.3 is 5.32 Å². The van der Waals surface area contributed by atoms with E-state index in [-0.39, 0.29) is 5.91 Å². The van der Waals surface area contributed by atoms with Crippen LogP contribution in [0.15, 0.2) is 54.6 Å². The third-order valence-corrected chi connectivity index (χ3v) is 3.46. The highest BCUT2D eigenvalue weighted by Crippen LogP contribution is 2.14. The first-order valence-corrected chi connectivity index (χ1v) is 7.09. The van der Waals surface area contributed by atoms with Crippen molar-refractivity contribution in [2.45, 2.75) is 19.3 Å². The quantitative estimate of drug-likeness (QED) is 0.890. The molecule has 2 aromatic rings. The van der Waals surface area contributed by atoms with Crippen molar-refractivity contribution in [3.8, 4) is 0 Å². The first-order valence-electron chi connectivity index (χ1n) is 6.71. The number of carbonyl (C=O) groups is 1. The molecule has 0 radical (unpaired) electrons. The maximum Gasteiger partial charge on any atom is 0.224 e. The van der Waals surface area contributed by atoms with E-state index in [0.717, 1.165) is 5.56 Å². The van der Waals surface area contributed by atoms with E-state index in [9.17, 15) is 4.79 Å². The number of rotatable bonds is 5. The molecule has 1 atom stereocenters. The highest BCUT2D eigenvalue weighted by molar-refractivity contribution is 6.30. The van der Waals surface area contributed by atoms with E-state index in [4.69, 9.17) is 11.6 Å². The van der Waals surface area contributed by atoms with Crippen LogP contribution in [0.3, 0.4) is 0 Å². The van der Waals surface area contributed by atoms with Crippen LogP contribution >= 0.6 is 11.6 Å². The second-order valence-electron chi connectivity index (χ2n) is 4.92. The van der Waals surface area contributed by atoms with E-state index < -0.39 is 0 Å². The van der Waals surface area contributed by atoms with E-state index >= 15 is 0 Å². The number of halogens is 1. The Hall–Kier alpha value is -1.80. The van der Waals surface area contributed by atoms with Gasteiger partial charge in [0, 0.05) is 11.6 Å². The minimum atomic E-state index is 0.0232. The molecule has 2 aromatic carbocycles. The van der Waals surface area contributed by atoms with Gasteiger partial charge in [-0.3, -0.25) is 4.79 Å². The Bertz CT molecular complexity index is 568. The van der Waals surface area contributed by atoms with Gasteiger partial charge in [0.05, 0.1) is 6.42 Å². The molecule has 1 N–H and O–H groups in total. The lowest BCUT2D eigenvalue weighted by Gasteiger charge is -2.13. The summed E-state index contributed by atoms with van der Waals surface area (Å²) in [5.74, 6) is 0.328. The van der Waals surface area contributed by atoms with E-state index in [2.05, 4.69) is 24.4 Å². The third-order valence-electron chi connectivity index (χ3n) is 3.23. The Kier molecular flexibility index (Phi) is 5.19. The molecule has 0 saturated heterocycles. The van der Waals surface area contributed by atoms with Crippen molar-refractivity contribution >= 4 is 17.5 Å². The number of hydrogen-bond acceptors (Lipinski definition) is 1. The fourth-order valence-corrected chi connectivity index (χ4v) is 2.27. The summed E-state index contributed by atoms with van der Waals surface area (Å²) in [5, 5.41) is 3.63. The van der Waals surface area contributed by atoms with Crippen molar-refractivity contribution in [3.05, 3.63) is 70.7 Å². The summed E-state index contributed by atoms with van der Waals surface area (Å²) in [7, 11) is 0. The van der Waals surface area contributed by atoms with Crippen molar-refractivity contribution in [3.63, 3.8) is 0 Å². The molecule has 2 nitrogen and oxygen atoms in total. The van der Waals surface area contributed by atoms with Crippen molar-refractivity contribution in [1.29, 1.82) is 0 Å². The van der Waals surface area contributed by atoms with Crippen LogP contribution < -0.4 is 5.32 Å². The third kappa shape index (κ3) is 4.39. The standard InChI is InChI=1S/C17H18ClNO/c1-13(15-7-3-2-4-8-15)12-19-17(20)11-14-6-5-9-16(18)10-14/h2-10,13H,11-12H2,1H3,(H,19,20)/t13-/m0/s1. The molecule has 0 bridgehead atoms. The first kappa shape index (κ1) is 14.6. The fraction of sp³-hybridized carbons (Fsp3) is 0.235. The molecule has 0 heterocycles. The summed E-state index contributed by atoms with van der Waals surface area (Å²) in [6.07, 6.45) is 0.363. The molecule has 0 unspecified atom stereocenters. The van der Waals surface area contributed by atoms with Gasteiger partial charge in [-0.1, -0.05) is 61.0 Å². The molecular formula is C17H18ClNO. The van der Waals surface area contributed by atoms with Crippen LogP contribution in [0.1, 0.15) is 24.0 Å². The van der Waals surface area contributed by atoms with Crippen LogP contribution in [0.4, 0.5) is 0 Å². The maximum atomic E-state index is 11.9. The van der Waals surface area contributed by atoms with E-state index in [1.807, 2.05) is 36.4 Å². The lowest BCUT2D eigenvalue weighted by atomic mass is 10.0. The van der Waals surface area contributed by atoms with Gasteiger partial charge in [-0.25, -0.2) is 0 Å². The molecule has 0 aliphatic heterocycles. The van der Waals surface area contributed by atoms with Crippen molar-refractivity contribution in [2.75, 3.05) is 6.54 Å². The molecular weight excluding hydrogens is 270 g/mol. The van der Waals surface area contributed by atoms with Gasteiger partial charge in [-0.2, -0.15) is 0 Å². The average molecular weight is 288 g/mol. The summed E-state index contributed by atoms with van der Waals surface area (Å²) < 4.78 is 0. The average Bonchev–Trinajstić information content (AvgIpc) is 2.46. The highest BCUT2D eigenvalue weighted by atomic mass is 35.5. The Morgan fingerprint density at radius 2 is 1.90 bits per heavy atom. The molecule has 3 heteroatoms. The Labute approximate surface area is 124 Å². The van der Waals surface area contributed by atoms with Crippen LogP contribution in [-0.2, 0) is 11.2 Å². The van der Waals surface area contributed by atoms with Gasteiger partial charge >= 0.3 is 0 Å². The van der Waals surface area contributed by atoms with Gasteiger partial charge in [-0.05, 0) is 29.2 Å². The van der Waals surface area contributed by atoms with Gasteiger partial charge in [0.1, 0.15) is 0 Å². The van der Waals surface area contributed by atoms with Crippen LogP contribution in [-0.4, -0.2) is 12.5 Å². The van der Waals surface area contributed by atoms with E-state index in [1.165, 1.54) is 5.56 Å². The summed E-state index contributed by atoms with van der Waals surface area (Å²) in [4.78, 5) is 11.9. The van der Waals surface area contributed by atoms with Crippen LogP contribution in [0, 0.1) is 0 Å². The number of amides is 1. The molecule has 20 heavy (non-hydrogen) atoms. The largest absolute Gasteiger partial charge is 0.355 e. The van der Waals surface area contributed by atoms with Crippen molar-refractivity contribution in [2.24, 2.45) is 0 Å². The van der Waals surface area contributed by atoms with Gasteiger partial charge in [0.25, 0.3) is 0 Å². The van der Waals surface area contributed by atoms with Gasteiger partial charge in [-0.15, -0.1) is 0 Å². The molecule has 0 saturated carbocycles. The summed E-state index contributed by atoms with van der Waals surface area (Å²) in [5.41, 5.74) is 2.16. The lowest BCUT2D eigenvalue weighted by molar-refractivity contribution is -0.120. The smallest absolute Gasteiger partial charge is 0.224 e. The zero-order valence-electron chi connectivity index (χ0n) is 11.5. The topological polar surface area (TPSA) is 29.1 Å². The van der Waals surface area contributed by atoms with Gasteiger partial charge in [0.15, 0.2) is 0 Å². The summed E-state index contributed by atoms with van der Waals surface area (Å²) in [6.45, 7) is 2.75. The molecule has 0 fully saturated rings. The lowest BCUT2D eigenvalue weighted by Crippen LogP contribution is -2.28. The predicted molar refractivity (Wildman–Crippen MR) is 83.0 cm³/mol. The zero-order chi connectivity index (χ0) is 14.4. The maximum absolute atomic E-state index is 11.9. The van der Waals surface area contributed by atoms with Crippen LogP contribution in [0.25, 0.3) is 0 Å². The van der Waals surface area contributed by atoms with E-state index in [0.29, 0.717) is 23.9 Å². The molecule has 0 aliphatic carbocycles. The summed E-state index contributed by atoms with van der Waals surface area (Å²) >= 11 is 5.90. The second-order valence-corrected chi connectivity index (χ2v) is 5.36. The minimum Gasteiger partial charge on any atom is -0.355 e. The number of benzene rings is 2. The molecule has 2 rings (SSSR count). The SMILES string of the molecule is C[C@@H](CNC(=O)Cc1cccc(Cl)c1)c1ccccc1. The van der Waals surface area contributed by atoms with Crippen molar-refractivity contribution in [1.82, 2.24) is 5.32 Å². The number of hydrogen-bond donors (Lipinski definition) is 1. The number of carbonyl (C=O) groups excluding carboxylic acids is 1. The number of nitrogens with one attached hydrogen (secondary N) is 1. The monoisotopic (exact) mass is 287 g/mol. The zero-order valence-corrected chi connectivity index (χ0v) is 12.2. The fourth-order valence-electron chi connectivity index (χ4n) is 2.06. The van der Waals surface area contributed by atoms with Crippen LogP contribution in [0.2, 0.25) is 5.02 Å². The van der Waals surface area contributed by atoms with Crippen molar-refractivity contribution < 1.29 is 4.79 Å². The molecule has 0 aromatic heterocycles. The minimum absolute atomic E-state index is 0.0232. The van der Waals surface area contributed by atoms with Crippen LogP contribution in [0.5, 0.6) is 0 Å². The Morgan fingerprint density at radius 1 is 1.15 bits per heavy atom. The molecule has 0 aliphatic rings.